The van der Waals surface area contributed by atoms with Gasteiger partial charge in [0.1, 0.15) is 11.3 Å². The smallest absolute Gasteiger partial charge is 0.338 e. The average molecular weight is 550 g/mol. The minimum Gasteiger partial charge on any atom is -0.460 e. The van der Waals surface area contributed by atoms with Crippen molar-refractivity contribution in [1.82, 2.24) is 4.90 Å². The number of hydrogen-bond donors (Lipinski definition) is 0. The molecule has 218 valence electrons. The van der Waals surface area contributed by atoms with Crippen molar-refractivity contribution >= 4 is 22.7 Å². The normalized spacial score (nSPS) is 11.6. The van der Waals surface area contributed by atoms with Crippen LogP contribution in [0, 0.1) is 0 Å². The molecule has 0 unspecified atom stereocenters. The third-order valence-electron chi connectivity index (χ3n) is 7.02. The fraction of sp³-hybridized carbons (Fsp3) is 0.529. The van der Waals surface area contributed by atoms with Crippen LogP contribution >= 0.6 is 0 Å². The first-order valence-electron chi connectivity index (χ1n) is 15.1. The first-order valence-corrected chi connectivity index (χ1v) is 15.1. The molecule has 2 aromatic carbocycles. The van der Waals surface area contributed by atoms with Gasteiger partial charge in [-0.25, -0.2) is 4.79 Å². The molecular formula is C34H47NO5. The molecule has 0 N–H and O–H groups in total. The second-order valence-electron chi connectivity index (χ2n) is 10.8. The van der Waals surface area contributed by atoms with Gasteiger partial charge in [-0.2, -0.15) is 0 Å². The van der Waals surface area contributed by atoms with Crippen LogP contribution in [0.5, 0.6) is 0 Å². The highest BCUT2D eigenvalue weighted by atomic mass is 16.5. The molecule has 3 rings (SSSR count). The molecule has 0 saturated heterocycles. The van der Waals surface area contributed by atoms with Crippen molar-refractivity contribution in [3.63, 3.8) is 0 Å². The third-order valence-corrected chi connectivity index (χ3v) is 7.02. The lowest BCUT2D eigenvalue weighted by Crippen LogP contribution is -2.29. The Morgan fingerprint density at radius 1 is 0.850 bits per heavy atom. The molecule has 0 aliphatic carbocycles. The molecule has 1 aromatic heterocycles. The van der Waals surface area contributed by atoms with Gasteiger partial charge in [0.15, 0.2) is 5.78 Å². The lowest BCUT2D eigenvalue weighted by Gasteiger charge is -2.21. The molecule has 6 nitrogen and oxygen atoms in total. The van der Waals surface area contributed by atoms with Crippen LogP contribution in [0.15, 0.2) is 46.9 Å². The highest BCUT2D eigenvalue weighted by Gasteiger charge is 2.23. The van der Waals surface area contributed by atoms with Crippen LogP contribution in [0.1, 0.15) is 111 Å². The number of nitrogens with zero attached hydrogens (tertiary/aromatic N) is 1. The minimum absolute atomic E-state index is 0.103. The van der Waals surface area contributed by atoms with E-state index in [2.05, 4.69) is 25.7 Å². The molecule has 3 aromatic rings. The van der Waals surface area contributed by atoms with Crippen molar-refractivity contribution < 1.29 is 23.5 Å². The van der Waals surface area contributed by atoms with Gasteiger partial charge in [-0.15, -0.1) is 0 Å². The quantitative estimate of drug-likeness (QED) is 0.0910. The standard InChI is InChI=1S/C34H47NO5/c1-6-9-12-31-32(29-23-28(17-18-30(29)40-31)34(37)39-25(4)5)33(36)27-15-13-26(14-16-27)24-38-22-21-35(19-10-7-2)20-11-8-3/h13-18,23,25H,6-12,19-22,24H2,1-5H3. The summed E-state index contributed by atoms with van der Waals surface area (Å²) in [5, 5.41) is 0.650. The number of fused-ring (bicyclic) bond motifs is 1. The number of benzene rings is 2. The summed E-state index contributed by atoms with van der Waals surface area (Å²) in [4.78, 5) is 28.8. The third kappa shape index (κ3) is 9.03. The summed E-state index contributed by atoms with van der Waals surface area (Å²) in [6.07, 6.45) is 7.18. The molecule has 0 aliphatic heterocycles. The van der Waals surface area contributed by atoms with Gasteiger partial charge in [0.2, 0.25) is 0 Å². The summed E-state index contributed by atoms with van der Waals surface area (Å²) in [7, 11) is 0. The Hall–Kier alpha value is -2.96. The Morgan fingerprint density at radius 3 is 2.12 bits per heavy atom. The molecule has 40 heavy (non-hydrogen) atoms. The van der Waals surface area contributed by atoms with E-state index in [1.165, 1.54) is 25.7 Å². The van der Waals surface area contributed by atoms with E-state index in [0.717, 1.165) is 38.0 Å². The molecule has 0 amide bonds. The monoisotopic (exact) mass is 549 g/mol. The largest absolute Gasteiger partial charge is 0.460 e. The van der Waals surface area contributed by atoms with E-state index in [9.17, 15) is 9.59 Å². The lowest BCUT2D eigenvalue weighted by molar-refractivity contribution is 0.0378. The van der Waals surface area contributed by atoms with Gasteiger partial charge >= 0.3 is 5.97 Å². The molecule has 0 spiro atoms. The molecule has 6 heteroatoms. The maximum Gasteiger partial charge on any atom is 0.338 e. The molecule has 0 radical (unpaired) electrons. The molecule has 0 fully saturated rings. The van der Waals surface area contributed by atoms with Crippen molar-refractivity contribution in [3.05, 3.63) is 70.5 Å². The molecule has 1 heterocycles. The van der Waals surface area contributed by atoms with Crippen molar-refractivity contribution in [2.45, 2.75) is 92.3 Å². The first kappa shape index (κ1) is 31.6. The van der Waals surface area contributed by atoms with Crippen LogP contribution < -0.4 is 0 Å². The number of unbranched alkanes of at least 4 members (excludes halogenated alkanes) is 3. The van der Waals surface area contributed by atoms with Gasteiger partial charge in [0.25, 0.3) is 0 Å². The SMILES string of the molecule is CCCCc1oc2ccc(C(=O)OC(C)C)cc2c1C(=O)c1ccc(COCCN(CCCC)CCCC)cc1. The summed E-state index contributed by atoms with van der Waals surface area (Å²) in [6, 6.07) is 12.8. The zero-order chi connectivity index (χ0) is 28.9. The van der Waals surface area contributed by atoms with Crippen molar-refractivity contribution in [2.24, 2.45) is 0 Å². The Kier molecular flexibility index (Phi) is 12.9. The van der Waals surface area contributed by atoms with Crippen LogP contribution in [0.4, 0.5) is 0 Å². The Morgan fingerprint density at radius 2 is 1.50 bits per heavy atom. The maximum atomic E-state index is 13.8. The topological polar surface area (TPSA) is 69.0 Å². The van der Waals surface area contributed by atoms with Crippen molar-refractivity contribution in [3.8, 4) is 0 Å². The van der Waals surface area contributed by atoms with E-state index in [1.807, 2.05) is 38.1 Å². The predicted octanol–water partition coefficient (Wildman–Crippen LogP) is 7.99. The lowest BCUT2D eigenvalue weighted by atomic mass is 9.97. The van der Waals surface area contributed by atoms with Gasteiger partial charge in [-0.3, -0.25) is 4.79 Å². The fourth-order valence-electron chi connectivity index (χ4n) is 4.70. The number of esters is 1. The highest BCUT2D eigenvalue weighted by molar-refractivity contribution is 6.17. The molecule has 0 atom stereocenters. The number of furan rings is 1. The second kappa shape index (κ2) is 16.3. The number of ketones is 1. The number of ether oxygens (including phenoxy) is 2. The number of hydrogen-bond acceptors (Lipinski definition) is 6. The van der Waals surface area contributed by atoms with Crippen LogP contribution in [0.25, 0.3) is 11.0 Å². The fourth-order valence-corrected chi connectivity index (χ4v) is 4.70. The van der Waals surface area contributed by atoms with E-state index in [4.69, 9.17) is 13.9 Å². The predicted molar refractivity (Wildman–Crippen MR) is 161 cm³/mol. The maximum absolute atomic E-state index is 13.8. The van der Waals surface area contributed by atoms with Gasteiger partial charge in [0.05, 0.1) is 30.4 Å². The summed E-state index contributed by atoms with van der Waals surface area (Å²) >= 11 is 0. The number of carbonyl (C=O) groups is 2. The van der Waals surface area contributed by atoms with Crippen LogP contribution in [0.2, 0.25) is 0 Å². The van der Waals surface area contributed by atoms with E-state index in [-0.39, 0.29) is 11.9 Å². The molecule has 0 bridgehead atoms. The Balaban J connectivity index is 1.72. The summed E-state index contributed by atoms with van der Waals surface area (Å²) in [6.45, 7) is 14.6. The number of rotatable bonds is 18. The number of carbonyl (C=O) groups excluding carboxylic acids is 2. The zero-order valence-corrected chi connectivity index (χ0v) is 25.1. The summed E-state index contributed by atoms with van der Waals surface area (Å²) in [5.74, 6) is 0.156. The zero-order valence-electron chi connectivity index (χ0n) is 25.1. The van der Waals surface area contributed by atoms with E-state index in [1.54, 1.807) is 18.2 Å². The van der Waals surface area contributed by atoms with Gasteiger partial charge < -0.3 is 18.8 Å². The number of aryl methyl sites for hydroxylation is 1. The van der Waals surface area contributed by atoms with Crippen LogP contribution in [0.3, 0.4) is 0 Å². The Labute approximate surface area is 240 Å². The van der Waals surface area contributed by atoms with Crippen molar-refractivity contribution in [2.75, 3.05) is 26.2 Å². The minimum atomic E-state index is -0.408. The van der Waals surface area contributed by atoms with E-state index >= 15 is 0 Å². The highest BCUT2D eigenvalue weighted by Crippen LogP contribution is 2.31. The summed E-state index contributed by atoms with van der Waals surface area (Å²) < 4.78 is 17.5. The van der Waals surface area contributed by atoms with Crippen LogP contribution in [-0.4, -0.2) is 49.0 Å². The van der Waals surface area contributed by atoms with Crippen molar-refractivity contribution in [1.29, 1.82) is 0 Å². The molecular weight excluding hydrogens is 502 g/mol. The van der Waals surface area contributed by atoms with Gasteiger partial charge in [-0.05, 0) is 70.0 Å². The second-order valence-corrected chi connectivity index (χ2v) is 10.8. The molecule has 0 saturated carbocycles. The molecule has 0 aliphatic rings. The van der Waals surface area contributed by atoms with Crippen LogP contribution in [-0.2, 0) is 22.5 Å². The van der Waals surface area contributed by atoms with Gasteiger partial charge in [0, 0.05) is 23.9 Å². The summed E-state index contributed by atoms with van der Waals surface area (Å²) in [5.41, 5.74) is 3.17. The van der Waals surface area contributed by atoms with E-state index < -0.39 is 5.97 Å². The Bertz CT molecular complexity index is 1200. The first-order chi connectivity index (χ1) is 19.4. The van der Waals surface area contributed by atoms with E-state index in [0.29, 0.717) is 53.1 Å². The average Bonchev–Trinajstić information content (AvgIpc) is 3.32. The van der Waals surface area contributed by atoms with Gasteiger partial charge in [-0.1, -0.05) is 64.3 Å².